The van der Waals surface area contributed by atoms with E-state index in [0.717, 1.165) is 4.88 Å². The zero-order chi connectivity index (χ0) is 17.8. The Balaban J connectivity index is 2.08. The van der Waals surface area contributed by atoms with Crippen LogP contribution in [0.4, 0.5) is 10.6 Å². The maximum Gasteiger partial charge on any atom is 0.412 e. The molecule has 8 nitrogen and oxygen atoms in total. The molecule has 3 heterocycles. The monoisotopic (exact) mass is 359 g/mol. The molecule has 3 rings (SSSR count). The standard InChI is InChI=1S/C16H17N5O3S/c1-3-10-8-14(22)19-15(17-10)21-13(18-16(23)24-4-2)9-11(20-21)12-6-5-7-25-12/h5-9H,3-4H2,1-2H3,(H,18,23)(H,17,19,22). The second-order valence-corrected chi connectivity index (χ2v) is 6.01. The van der Waals surface area contributed by atoms with Gasteiger partial charge in [-0.15, -0.1) is 11.3 Å². The lowest BCUT2D eigenvalue weighted by atomic mass is 10.3. The number of amides is 1. The fraction of sp³-hybridized carbons (Fsp3) is 0.250. The van der Waals surface area contributed by atoms with Crippen LogP contribution in [0, 0.1) is 0 Å². The summed E-state index contributed by atoms with van der Waals surface area (Å²) in [6.07, 6.45) is 0.00624. The Labute approximate surface area is 147 Å². The smallest absolute Gasteiger partial charge is 0.412 e. The van der Waals surface area contributed by atoms with Gasteiger partial charge in [-0.3, -0.25) is 15.1 Å². The van der Waals surface area contributed by atoms with Crippen molar-refractivity contribution in [1.29, 1.82) is 0 Å². The van der Waals surface area contributed by atoms with Crippen LogP contribution in [0.25, 0.3) is 16.5 Å². The second-order valence-electron chi connectivity index (χ2n) is 5.06. The van der Waals surface area contributed by atoms with Crippen molar-refractivity contribution in [1.82, 2.24) is 19.7 Å². The number of aromatic amines is 1. The van der Waals surface area contributed by atoms with Gasteiger partial charge in [0.25, 0.3) is 5.56 Å². The average Bonchev–Trinajstić information content (AvgIpc) is 3.23. The van der Waals surface area contributed by atoms with Crippen molar-refractivity contribution in [3.63, 3.8) is 0 Å². The number of thiophene rings is 1. The summed E-state index contributed by atoms with van der Waals surface area (Å²) >= 11 is 1.52. The molecule has 0 bridgehead atoms. The molecule has 0 aliphatic heterocycles. The highest BCUT2D eigenvalue weighted by Gasteiger charge is 2.16. The van der Waals surface area contributed by atoms with E-state index < -0.39 is 6.09 Å². The van der Waals surface area contributed by atoms with Crippen LogP contribution in [0.5, 0.6) is 0 Å². The van der Waals surface area contributed by atoms with Gasteiger partial charge in [-0.25, -0.2) is 9.78 Å². The van der Waals surface area contributed by atoms with Crippen molar-refractivity contribution in [3.05, 3.63) is 45.7 Å². The van der Waals surface area contributed by atoms with Crippen LogP contribution in [0.3, 0.4) is 0 Å². The number of aromatic nitrogens is 4. The molecule has 0 aliphatic carbocycles. The molecule has 9 heteroatoms. The fourth-order valence-electron chi connectivity index (χ4n) is 2.22. The lowest BCUT2D eigenvalue weighted by Crippen LogP contribution is -2.19. The molecule has 0 aromatic carbocycles. The molecule has 1 amide bonds. The van der Waals surface area contributed by atoms with Crippen LogP contribution in [0.15, 0.2) is 34.4 Å². The van der Waals surface area contributed by atoms with Crippen LogP contribution in [-0.2, 0) is 11.2 Å². The first-order valence-electron chi connectivity index (χ1n) is 7.79. The topological polar surface area (TPSA) is 102 Å². The van der Waals surface area contributed by atoms with E-state index in [1.165, 1.54) is 22.1 Å². The van der Waals surface area contributed by atoms with E-state index >= 15 is 0 Å². The predicted molar refractivity (Wildman–Crippen MR) is 95.3 cm³/mol. The van der Waals surface area contributed by atoms with Crippen molar-refractivity contribution in [2.75, 3.05) is 11.9 Å². The van der Waals surface area contributed by atoms with E-state index in [0.29, 0.717) is 23.6 Å². The van der Waals surface area contributed by atoms with E-state index in [1.807, 2.05) is 24.4 Å². The van der Waals surface area contributed by atoms with Gasteiger partial charge in [0.2, 0.25) is 5.95 Å². The van der Waals surface area contributed by atoms with Gasteiger partial charge >= 0.3 is 6.09 Å². The van der Waals surface area contributed by atoms with E-state index in [4.69, 9.17) is 4.74 Å². The number of rotatable bonds is 5. The molecule has 0 unspecified atom stereocenters. The van der Waals surface area contributed by atoms with Gasteiger partial charge in [-0.2, -0.15) is 9.78 Å². The Morgan fingerprint density at radius 2 is 2.24 bits per heavy atom. The van der Waals surface area contributed by atoms with E-state index in [9.17, 15) is 9.59 Å². The Kier molecular flexibility index (Phi) is 4.94. The molecule has 3 aromatic heterocycles. The first kappa shape index (κ1) is 16.9. The molecule has 0 atom stereocenters. The van der Waals surface area contributed by atoms with Crippen molar-refractivity contribution < 1.29 is 9.53 Å². The third-order valence-electron chi connectivity index (χ3n) is 3.33. The van der Waals surface area contributed by atoms with Crippen molar-refractivity contribution in [2.24, 2.45) is 0 Å². The molecular formula is C16H17N5O3S. The number of hydrogen-bond donors (Lipinski definition) is 2. The van der Waals surface area contributed by atoms with E-state index in [-0.39, 0.29) is 18.1 Å². The predicted octanol–water partition coefficient (Wildman–Crippen LogP) is 2.81. The zero-order valence-corrected chi connectivity index (χ0v) is 14.6. The van der Waals surface area contributed by atoms with Crippen LogP contribution >= 0.6 is 11.3 Å². The summed E-state index contributed by atoms with van der Waals surface area (Å²) in [5.74, 6) is 0.595. The van der Waals surface area contributed by atoms with Gasteiger partial charge in [-0.1, -0.05) is 13.0 Å². The van der Waals surface area contributed by atoms with Gasteiger partial charge in [-0.05, 0) is 24.8 Å². The highest BCUT2D eigenvalue weighted by Crippen LogP contribution is 2.27. The van der Waals surface area contributed by atoms with Crippen molar-refractivity contribution >= 4 is 23.2 Å². The molecule has 2 N–H and O–H groups in total. The summed E-state index contributed by atoms with van der Waals surface area (Å²) in [7, 11) is 0. The van der Waals surface area contributed by atoms with Crippen LogP contribution in [0.1, 0.15) is 19.5 Å². The van der Waals surface area contributed by atoms with Gasteiger partial charge in [0.1, 0.15) is 11.5 Å². The molecule has 3 aromatic rings. The van der Waals surface area contributed by atoms with Crippen molar-refractivity contribution in [2.45, 2.75) is 20.3 Å². The zero-order valence-electron chi connectivity index (χ0n) is 13.8. The largest absolute Gasteiger partial charge is 0.450 e. The number of anilines is 1. The first-order chi connectivity index (χ1) is 12.1. The fourth-order valence-corrected chi connectivity index (χ4v) is 2.90. The molecule has 0 saturated heterocycles. The number of nitrogens with one attached hydrogen (secondary N) is 2. The van der Waals surface area contributed by atoms with Crippen LogP contribution < -0.4 is 10.9 Å². The molecule has 0 aliphatic rings. The summed E-state index contributed by atoms with van der Waals surface area (Å²) in [6, 6.07) is 6.98. The Morgan fingerprint density at radius 3 is 2.92 bits per heavy atom. The summed E-state index contributed by atoms with van der Waals surface area (Å²) in [6.45, 7) is 3.87. The minimum Gasteiger partial charge on any atom is -0.450 e. The normalized spacial score (nSPS) is 10.6. The molecule has 0 spiro atoms. The highest BCUT2D eigenvalue weighted by molar-refractivity contribution is 7.13. The van der Waals surface area contributed by atoms with Crippen LogP contribution in [-0.4, -0.2) is 32.4 Å². The Bertz CT molecular complexity index is 930. The highest BCUT2D eigenvalue weighted by atomic mass is 32.1. The Hall–Kier alpha value is -2.94. The lowest BCUT2D eigenvalue weighted by Gasteiger charge is -2.08. The molecule has 25 heavy (non-hydrogen) atoms. The third kappa shape index (κ3) is 3.77. The summed E-state index contributed by atoms with van der Waals surface area (Å²) in [4.78, 5) is 31.7. The summed E-state index contributed by atoms with van der Waals surface area (Å²) in [5, 5.41) is 9.04. The SMILES string of the molecule is CCOC(=O)Nc1cc(-c2cccs2)nn1-c1nc(CC)cc(=O)[nH]1. The first-order valence-corrected chi connectivity index (χ1v) is 8.67. The Morgan fingerprint density at radius 1 is 1.40 bits per heavy atom. The third-order valence-corrected chi connectivity index (χ3v) is 4.23. The maximum atomic E-state index is 11.9. The molecule has 0 saturated carbocycles. The van der Waals surface area contributed by atoms with Gasteiger partial charge < -0.3 is 4.74 Å². The quantitative estimate of drug-likeness (QED) is 0.729. The summed E-state index contributed by atoms with van der Waals surface area (Å²) < 4.78 is 6.32. The molecule has 0 radical (unpaired) electrons. The van der Waals surface area contributed by atoms with Gasteiger partial charge in [0.15, 0.2) is 0 Å². The number of hydrogen-bond acceptors (Lipinski definition) is 6. The number of H-pyrrole nitrogens is 1. The second kappa shape index (κ2) is 7.31. The summed E-state index contributed by atoms with van der Waals surface area (Å²) in [5.41, 5.74) is 1.01. The van der Waals surface area contributed by atoms with E-state index in [1.54, 1.807) is 13.0 Å². The number of ether oxygens (including phenoxy) is 1. The minimum atomic E-state index is -0.602. The maximum absolute atomic E-state index is 11.9. The number of carbonyl (C=O) groups is 1. The molecular weight excluding hydrogens is 342 g/mol. The van der Waals surface area contributed by atoms with E-state index in [2.05, 4.69) is 20.4 Å². The van der Waals surface area contributed by atoms with Crippen molar-refractivity contribution in [3.8, 4) is 16.5 Å². The average molecular weight is 359 g/mol. The van der Waals surface area contributed by atoms with Crippen LogP contribution in [0.2, 0.25) is 0 Å². The van der Waals surface area contributed by atoms with Gasteiger partial charge in [0.05, 0.1) is 11.5 Å². The lowest BCUT2D eigenvalue weighted by molar-refractivity contribution is 0.167. The minimum absolute atomic E-state index is 0.235. The molecule has 130 valence electrons. The molecule has 0 fully saturated rings. The number of nitrogens with zero attached hydrogens (tertiary/aromatic N) is 3. The van der Waals surface area contributed by atoms with Gasteiger partial charge in [0, 0.05) is 17.8 Å². The number of carbonyl (C=O) groups excluding carboxylic acids is 1. The number of aryl methyl sites for hydroxylation is 1.